The van der Waals surface area contributed by atoms with Crippen LogP contribution in [0, 0.1) is 12.7 Å². The van der Waals surface area contributed by atoms with Gasteiger partial charge >= 0.3 is 6.18 Å². The molecule has 2 aromatic heterocycles. The van der Waals surface area contributed by atoms with Crippen LogP contribution in [0.25, 0.3) is 16.8 Å². The van der Waals surface area contributed by atoms with Crippen molar-refractivity contribution < 1.29 is 27.5 Å². The maximum atomic E-state index is 14.7. The van der Waals surface area contributed by atoms with Crippen molar-refractivity contribution in [3.63, 3.8) is 0 Å². The fraction of sp³-hybridized carbons (Fsp3) is 0.208. The highest BCUT2D eigenvalue weighted by atomic mass is 19.4. The van der Waals surface area contributed by atoms with Gasteiger partial charge < -0.3 is 16.2 Å². The average molecular weight is 487 g/mol. The lowest BCUT2D eigenvalue weighted by atomic mass is 9.99. The molecular formula is C24H21F4N5O2. The summed E-state index contributed by atoms with van der Waals surface area (Å²) in [6.07, 6.45) is -3.87. The van der Waals surface area contributed by atoms with Crippen LogP contribution in [-0.2, 0) is 6.18 Å². The van der Waals surface area contributed by atoms with Crippen LogP contribution in [0.5, 0.6) is 0 Å². The summed E-state index contributed by atoms with van der Waals surface area (Å²) in [5, 5.41) is 16.9. The molecule has 0 unspecified atom stereocenters. The number of anilines is 1. The number of rotatable bonds is 6. The molecule has 182 valence electrons. The first kappa shape index (κ1) is 24.1. The summed E-state index contributed by atoms with van der Waals surface area (Å²) < 4.78 is 54.3. The van der Waals surface area contributed by atoms with Crippen molar-refractivity contribution in [2.75, 3.05) is 12.3 Å². The van der Waals surface area contributed by atoms with Crippen molar-refractivity contribution in [3.05, 3.63) is 82.8 Å². The molecule has 2 aromatic carbocycles. The van der Waals surface area contributed by atoms with Gasteiger partial charge in [0.25, 0.3) is 5.91 Å². The van der Waals surface area contributed by atoms with E-state index in [9.17, 15) is 27.5 Å². The number of carbonyl (C=O) groups excluding carboxylic acids is 1. The van der Waals surface area contributed by atoms with Crippen LogP contribution in [-0.4, -0.2) is 32.2 Å². The van der Waals surface area contributed by atoms with E-state index in [2.05, 4.69) is 15.4 Å². The molecular weight excluding hydrogens is 466 g/mol. The summed E-state index contributed by atoms with van der Waals surface area (Å²) in [7, 11) is 0. The Morgan fingerprint density at radius 2 is 1.89 bits per heavy atom. The minimum absolute atomic E-state index is 0.0537. The van der Waals surface area contributed by atoms with Crippen molar-refractivity contribution in [3.8, 4) is 11.1 Å². The zero-order valence-corrected chi connectivity index (χ0v) is 18.5. The molecule has 2 heterocycles. The minimum Gasteiger partial charge on any atom is -0.388 e. The number of aromatic nitrogens is 3. The third kappa shape index (κ3) is 5.24. The molecule has 0 bridgehead atoms. The number of pyridine rings is 1. The second-order valence-electron chi connectivity index (χ2n) is 8.02. The van der Waals surface area contributed by atoms with Crippen LogP contribution in [0.4, 0.5) is 23.5 Å². The lowest BCUT2D eigenvalue weighted by molar-refractivity contribution is -0.137. The number of nitrogens with two attached hydrogens (primary N) is 1. The van der Waals surface area contributed by atoms with E-state index in [1.54, 1.807) is 25.3 Å². The Bertz CT molecular complexity index is 1380. The van der Waals surface area contributed by atoms with Crippen LogP contribution in [0.1, 0.15) is 39.6 Å². The Morgan fingerprint density at radius 1 is 1.17 bits per heavy atom. The highest BCUT2D eigenvalue weighted by Crippen LogP contribution is 2.30. The van der Waals surface area contributed by atoms with Crippen molar-refractivity contribution in [2.45, 2.75) is 25.6 Å². The quantitative estimate of drug-likeness (QED) is 0.352. The first-order chi connectivity index (χ1) is 16.5. The second kappa shape index (κ2) is 9.34. The molecule has 4 rings (SSSR count). The Morgan fingerprint density at radius 3 is 2.57 bits per heavy atom. The highest BCUT2D eigenvalue weighted by molar-refractivity contribution is 5.97. The van der Waals surface area contributed by atoms with Crippen molar-refractivity contribution in [1.82, 2.24) is 19.9 Å². The second-order valence-corrected chi connectivity index (χ2v) is 8.02. The number of aliphatic hydroxyl groups excluding tert-OH is 1. The number of hydrogen-bond donors (Lipinski definition) is 3. The van der Waals surface area contributed by atoms with Gasteiger partial charge in [0.2, 0.25) is 5.95 Å². The van der Waals surface area contributed by atoms with E-state index in [0.29, 0.717) is 22.3 Å². The van der Waals surface area contributed by atoms with E-state index in [4.69, 9.17) is 5.73 Å². The molecule has 35 heavy (non-hydrogen) atoms. The van der Waals surface area contributed by atoms with Gasteiger partial charge in [0, 0.05) is 23.9 Å². The molecule has 7 nitrogen and oxygen atoms in total. The molecule has 4 N–H and O–H groups in total. The monoisotopic (exact) mass is 487 g/mol. The summed E-state index contributed by atoms with van der Waals surface area (Å²) in [5.41, 5.74) is 6.83. The molecule has 1 amide bonds. The summed E-state index contributed by atoms with van der Waals surface area (Å²) in [6.45, 7) is 1.65. The third-order valence-electron chi connectivity index (χ3n) is 5.55. The van der Waals surface area contributed by atoms with Crippen molar-refractivity contribution >= 4 is 17.5 Å². The van der Waals surface area contributed by atoms with Gasteiger partial charge in [-0.2, -0.15) is 18.2 Å². The van der Waals surface area contributed by atoms with Gasteiger partial charge in [0.15, 0.2) is 5.65 Å². The number of amides is 1. The summed E-state index contributed by atoms with van der Waals surface area (Å²) >= 11 is 0. The fourth-order valence-corrected chi connectivity index (χ4v) is 3.68. The smallest absolute Gasteiger partial charge is 0.388 e. The Labute approximate surface area is 197 Å². The first-order valence-electron chi connectivity index (χ1n) is 10.6. The number of aryl methyl sites for hydroxylation is 1. The molecule has 0 aliphatic heterocycles. The molecule has 0 fully saturated rings. The summed E-state index contributed by atoms with van der Waals surface area (Å²) in [5.74, 6) is -0.921. The standard InChI is InChI=1S/C24H21F4N5O2/c1-13-10-19(25)18(15-7-9-33-21(11-15)31-23(29)32-33)12-17(13)22(35)30-8-6-20(34)14-2-4-16(5-3-14)24(26,27)28/h2-5,7,9-12,20,34H,6,8H2,1H3,(H2,29,32)(H,30,35)/t20-/m1/s1. The Kier molecular flexibility index (Phi) is 6.44. The number of aliphatic hydroxyl groups is 1. The van der Waals surface area contributed by atoms with Crippen LogP contribution in [0.3, 0.4) is 0 Å². The number of fused-ring (bicyclic) bond motifs is 1. The topological polar surface area (TPSA) is 106 Å². The van der Waals surface area contributed by atoms with E-state index in [0.717, 1.165) is 12.1 Å². The molecule has 0 spiro atoms. The van der Waals surface area contributed by atoms with Crippen LogP contribution in [0.15, 0.2) is 54.7 Å². The molecule has 0 aliphatic carbocycles. The average Bonchev–Trinajstić information content (AvgIpc) is 3.17. The number of nitrogens with zero attached hydrogens (tertiary/aromatic N) is 3. The number of benzene rings is 2. The number of carbonyl (C=O) groups is 1. The number of nitrogens with one attached hydrogen (secondary N) is 1. The van der Waals surface area contributed by atoms with E-state index in [1.807, 2.05) is 0 Å². The normalized spacial score (nSPS) is 12.6. The molecule has 0 aliphatic rings. The van der Waals surface area contributed by atoms with Gasteiger partial charge in [-0.15, -0.1) is 5.10 Å². The zero-order chi connectivity index (χ0) is 25.3. The van der Waals surface area contributed by atoms with Gasteiger partial charge in [0.05, 0.1) is 11.7 Å². The Balaban J connectivity index is 1.45. The van der Waals surface area contributed by atoms with Gasteiger partial charge in [0.1, 0.15) is 5.82 Å². The SMILES string of the molecule is Cc1cc(F)c(-c2ccn3nc(N)nc3c2)cc1C(=O)NCC[C@@H](O)c1ccc(C(F)(F)F)cc1. The van der Waals surface area contributed by atoms with Crippen molar-refractivity contribution in [1.29, 1.82) is 0 Å². The summed E-state index contributed by atoms with van der Waals surface area (Å²) in [6, 6.07) is 10.1. The van der Waals surface area contributed by atoms with Crippen LogP contribution >= 0.6 is 0 Å². The van der Waals surface area contributed by atoms with E-state index >= 15 is 0 Å². The largest absolute Gasteiger partial charge is 0.416 e. The fourth-order valence-electron chi connectivity index (χ4n) is 3.68. The number of hydrogen-bond acceptors (Lipinski definition) is 5. The van der Waals surface area contributed by atoms with E-state index in [1.165, 1.54) is 28.8 Å². The number of nitrogen functional groups attached to an aromatic ring is 1. The number of halogens is 4. The van der Waals surface area contributed by atoms with Gasteiger partial charge in [-0.1, -0.05) is 12.1 Å². The van der Waals surface area contributed by atoms with Gasteiger partial charge in [-0.25, -0.2) is 8.91 Å². The number of alkyl halides is 3. The molecule has 11 heteroatoms. The van der Waals surface area contributed by atoms with E-state index < -0.39 is 29.6 Å². The molecule has 0 saturated heterocycles. The van der Waals surface area contributed by atoms with Crippen LogP contribution in [0.2, 0.25) is 0 Å². The predicted molar refractivity (Wildman–Crippen MR) is 121 cm³/mol. The van der Waals surface area contributed by atoms with Gasteiger partial charge in [-0.05, 0) is 66.4 Å². The van der Waals surface area contributed by atoms with Crippen LogP contribution < -0.4 is 11.1 Å². The maximum absolute atomic E-state index is 14.7. The molecule has 1 atom stereocenters. The molecule has 0 saturated carbocycles. The van der Waals surface area contributed by atoms with E-state index in [-0.39, 0.29) is 30.0 Å². The Hall–Kier alpha value is -3.99. The van der Waals surface area contributed by atoms with Crippen molar-refractivity contribution in [2.24, 2.45) is 0 Å². The highest BCUT2D eigenvalue weighted by Gasteiger charge is 2.30. The lowest BCUT2D eigenvalue weighted by Crippen LogP contribution is -2.26. The summed E-state index contributed by atoms with van der Waals surface area (Å²) in [4.78, 5) is 16.8. The predicted octanol–water partition coefficient (Wildman–Crippen LogP) is 4.30. The minimum atomic E-state index is -4.46. The van der Waals surface area contributed by atoms with Gasteiger partial charge in [-0.3, -0.25) is 4.79 Å². The molecule has 0 radical (unpaired) electrons. The maximum Gasteiger partial charge on any atom is 0.416 e. The zero-order valence-electron chi connectivity index (χ0n) is 18.5. The first-order valence-corrected chi connectivity index (χ1v) is 10.6. The third-order valence-corrected chi connectivity index (χ3v) is 5.55. The lowest BCUT2D eigenvalue weighted by Gasteiger charge is -2.14. The molecule has 4 aromatic rings.